The minimum Gasteiger partial charge on any atom is -0.481 e. The van der Waals surface area contributed by atoms with Gasteiger partial charge in [-0.05, 0) is 26.6 Å². The topological polar surface area (TPSA) is 43.8 Å². The lowest BCUT2D eigenvalue weighted by Gasteiger charge is -2.23. The molecule has 1 aromatic rings. The summed E-state index contributed by atoms with van der Waals surface area (Å²) < 4.78 is 0. The van der Waals surface area contributed by atoms with E-state index in [1.807, 2.05) is 14.1 Å². The monoisotopic (exact) mass is 264 g/mol. The lowest BCUT2D eigenvalue weighted by molar-refractivity contribution is -0.137. The summed E-state index contributed by atoms with van der Waals surface area (Å²) in [7, 11) is 4.06. The Morgan fingerprint density at radius 1 is 1.11 bits per heavy atom. The molecule has 0 heterocycles. The van der Waals surface area contributed by atoms with Crippen LogP contribution in [-0.2, 0) is 11.3 Å². The molecule has 0 bridgehead atoms. The predicted octanol–water partition coefficient (Wildman–Crippen LogP) is 1.83. The summed E-state index contributed by atoms with van der Waals surface area (Å²) in [6.45, 7) is 5.29. The second-order valence-electron chi connectivity index (χ2n) is 5.21. The number of hydrogen-bond acceptors (Lipinski definition) is 3. The number of benzene rings is 1. The summed E-state index contributed by atoms with van der Waals surface area (Å²) >= 11 is 0. The van der Waals surface area contributed by atoms with E-state index in [0.717, 1.165) is 19.6 Å². The number of hydrogen-bond donors (Lipinski definition) is 1. The average molecular weight is 264 g/mol. The van der Waals surface area contributed by atoms with Crippen molar-refractivity contribution in [2.24, 2.45) is 0 Å². The molecule has 0 saturated carbocycles. The molecular weight excluding hydrogens is 240 g/mol. The van der Waals surface area contributed by atoms with Crippen LogP contribution < -0.4 is 0 Å². The maximum absolute atomic E-state index is 10.7. The Balaban J connectivity index is 2.56. The highest BCUT2D eigenvalue weighted by molar-refractivity contribution is 5.66. The summed E-state index contributed by atoms with van der Waals surface area (Å²) in [6.07, 6.45) is 0.194. The van der Waals surface area contributed by atoms with Gasteiger partial charge in [-0.15, -0.1) is 0 Å². The molecule has 0 unspecified atom stereocenters. The molecular formula is C15H24N2O2. The first-order valence-corrected chi connectivity index (χ1v) is 6.62. The summed E-state index contributed by atoms with van der Waals surface area (Å²) in [5, 5.41) is 8.81. The van der Waals surface area contributed by atoms with Crippen LogP contribution in [-0.4, -0.2) is 54.6 Å². The number of carbonyl (C=O) groups is 1. The van der Waals surface area contributed by atoms with E-state index >= 15 is 0 Å². The fourth-order valence-corrected chi connectivity index (χ4v) is 1.82. The SMILES string of the molecule is Cc1ccc(CN(CCC(=O)O)CCN(C)C)cc1. The van der Waals surface area contributed by atoms with Crippen molar-refractivity contribution in [3.8, 4) is 0 Å². The molecule has 0 aliphatic carbocycles. The van der Waals surface area contributed by atoms with E-state index in [-0.39, 0.29) is 6.42 Å². The highest BCUT2D eigenvalue weighted by Gasteiger charge is 2.08. The van der Waals surface area contributed by atoms with E-state index in [1.165, 1.54) is 11.1 Å². The molecule has 1 aromatic carbocycles. The fraction of sp³-hybridized carbons (Fsp3) is 0.533. The van der Waals surface area contributed by atoms with Crippen LogP contribution in [0.2, 0.25) is 0 Å². The first-order valence-electron chi connectivity index (χ1n) is 6.62. The number of rotatable bonds is 8. The van der Waals surface area contributed by atoms with Crippen molar-refractivity contribution in [3.63, 3.8) is 0 Å². The fourth-order valence-electron chi connectivity index (χ4n) is 1.82. The van der Waals surface area contributed by atoms with Gasteiger partial charge in [0.15, 0.2) is 0 Å². The van der Waals surface area contributed by atoms with Gasteiger partial charge in [0.2, 0.25) is 0 Å². The van der Waals surface area contributed by atoms with Crippen molar-refractivity contribution < 1.29 is 9.90 Å². The molecule has 1 rings (SSSR count). The zero-order valence-corrected chi connectivity index (χ0v) is 12.1. The van der Waals surface area contributed by atoms with Crippen LogP contribution in [0.15, 0.2) is 24.3 Å². The summed E-state index contributed by atoms with van der Waals surface area (Å²) in [6, 6.07) is 8.41. The van der Waals surface area contributed by atoms with Crippen LogP contribution in [0.25, 0.3) is 0 Å². The molecule has 0 radical (unpaired) electrons. The maximum Gasteiger partial charge on any atom is 0.304 e. The Hall–Kier alpha value is -1.39. The third-order valence-electron chi connectivity index (χ3n) is 3.03. The van der Waals surface area contributed by atoms with Gasteiger partial charge in [0.05, 0.1) is 6.42 Å². The first kappa shape index (κ1) is 15.7. The highest BCUT2D eigenvalue weighted by atomic mass is 16.4. The van der Waals surface area contributed by atoms with Crippen molar-refractivity contribution in [2.45, 2.75) is 19.9 Å². The van der Waals surface area contributed by atoms with Crippen LogP contribution in [0.1, 0.15) is 17.5 Å². The highest BCUT2D eigenvalue weighted by Crippen LogP contribution is 2.07. The Labute approximate surface area is 115 Å². The number of nitrogens with zero attached hydrogens (tertiary/aromatic N) is 2. The molecule has 0 spiro atoms. The Kier molecular flexibility index (Phi) is 6.53. The number of aryl methyl sites for hydroxylation is 1. The standard InChI is InChI=1S/C15H24N2O2/c1-13-4-6-14(7-5-13)12-17(9-8-15(18)19)11-10-16(2)3/h4-7H,8-12H2,1-3H3,(H,18,19). The number of carboxylic acids is 1. The van der Waals surface area contributed by atoms with Gasteiger partial charge in [0.1, 0.15) is 0 Å². The predicted molar refractivity (Wildman–Crippen MR) is 77.3 cm³/mol. The van der Waals surface area contributed by atoms with Crippen molar-refractivity contribution in [1.82, 2.24) is 9.80 Å². The van der Waals surface area contributed by atoms with Gasteiger partial charge in [-0.1, -0.05) is 29.8 Å². The molecule has 0 aromatic heterocycles. The zero-order chi connectivity index (χ0) is 14.3. The van der Waals surface area contributed by atoms with Crippen molar-refractivity contribution in [2.75, 3.05) is 33.7 Å². The normalized spacial score (nSPS) is 11.2. The molecule has 0 atom stereocenters. The van der Waals surface area contributed by atoms with Crippen molar-refractivity contribution in [3.05, 3.63) is 35.4 Å². The average Bonchev–Trinajstić information content (AvgIpc) is 2.35. The van der Waals surface area contributed by atoms with Crippen LogP contribution >= 0.6 is 0 Å². The van der Waals surface area contributed by atoms with Crippen molar-refractivity contribution >= 4 is 5.97 Å². The van der Waals surface area contributed by atoms with Gasteiger partial charge in [-0.2, -0.15) is 0 Å². The van der Waals surface area contributed by atoms with Crippen LogP contribution in [0.4, 0.5) is 0 Å². The van der Waals surface area contributed by atoms with Gasteiger partial charge in [0.25, 0.3) is 0 Å². The van der Waals surface area contributed by atoms with E-state index in [0.29, 0.717) is 6.54 Å². The molecule has 4 nitrogen and oxygen atoms in total. The quantitative estimate of drug-likeness (QED) is 0.778. The molecule has 0 saturated heterocycles. The van der Waals surface area contributed by atoms with Gasteiger partial charge in [-0.3, -0.25) is 9.69 Å². The summed E-state index contributed by atoms with van der Waals surface area (Å²) in [5.74, 6) is -0.737. The van der Waals surface area contributed by atoms with Gasteiger partial charge in [0, 0.05) is 26.2 Å². The second kappa shape index (κ2) is 7.92. The minimum absolute atomic E-state index is 0.194. The number of carboxylic acid groups (broad SMARTS) is 1. The smallest absolute Gasteiger partial charge is 0.304 e. The van der Waals surface area contributed by atoms with Crippen LogP contribution in [0.3, 0.4) is 0 Å². The van der Waals surface area contributed by atoms with E-state index in [1.54, 1.807) is 0 Å². The lowest BCUT2D eigenvalue weighted by atomic mass is 10.1. The molecule has 4 heteroatoms. The minimum atomic E-state index is -0.737. The van der Waals surface area contributed by atoms with Crippen LogP contribution in [0.5, 0.6) is 0 Å². The van der Waals surface area contributed by atoms with E-state index in [4.69, 9.17) is 5.11 Å². The lowest BCUT2D eigenvalue weighted by Crippen LogP contribution is -2.33. The molecule has 19 heavy (non-hydrogen) atoms. The molecule has 0 amide bonds. The van der Waals surface area contributed by atoms with Gasteiger partial charge < -0.3 is 10.0 Å². The Bertz CT molecular complexity index is 388. The second-order valence-corrected chi connectivity index (χ2v) is 5.21. The van der Waals surface area contributed by atoms with Gasteiger partial charge >= 0.3 is 5.97 Å². The molecule has 1 N–H and O–H groups in total. The molecule has 106 valence electrons. The molecule has 0 fully saturated rings. The van der Waals surface area contributed by atoms with E-state index in [9.17, 15) is 4.79 Å². The Morgan fingerprint density at radius 3 is 2.26 bits per heavy atom. The van der Waals surface area contributed by atoms with Crippen LogP contribution in [0, 0.1) is 6.92 Å². The zero-order valence-electron chi connectivity index (χ0n) is 12.1. The first-order chi connectivity index (χ1) is 8.97. The largest absolute Gasteiger partial charge is 0.481 e. The van der Waals surface area contributed by atoms with E-state index < -0.39 is 5.97 Å². The molecule has 0 aliphatic rings. The number of likely N-dealkylation sites (N-methyl/N-ethyl adjacent to an activating group) is 1. The molecule has 0 aliphatic heterocycles. The number of aliphatic carboxylic acids is 1. The summed E-state index contributed by atoms with van der Waals surface area (Å²) in [5.41, 5.74) is 2.48. The third-order valence-corrected chi connectivity index (χ3v) is 3.03. The van der Waals surface area contributed by atoms with Crippen molar-refractivity contribution in [1.29, 1.82) is 0 Å². The maximum atomic E-state index is 10.7. The van der Waals surface area contributed by atoms with Gasteiger partial charge in [-0.25, -0.2) is 0 Å². The third kappa shape index (κ3) is 6.94. The summed E-state index contributed by atoms with van der Waals surface area (Å²) in [4.78, 5) is 15.0. The Morgan fingerprint density at radius 2 is 1.74 bits per heavy atom. The van der Waals surface area contributed by atoms with E-state index in [2.05, 4.69) is 41.0 Å².